The Balaban J connectivity index is 2.06. The van der Waals surface area contributed by atoms with E-state index >= 15 is 0 Å². The number of hydrogen-bond donors (Lipinski definition) is 0. The highest BCUT2D eigenvalue weighted by Crippen LogP contribution is 2.31. The number of hydrogen-bond acceptors (Lipinski definition) is 5. The van der Waals surface area contributed by atoms with Crippen molar-refractivity contribution in [2.45, 2.75) is 37.2 Å². The number of aromatic nitrogens is 2. The second-order valence-corrected chi connectivity index (χ2v) is 6.11. The van der Waals surface area contributed by atoms with Gasteiger partial charge >= 0.3 is 0 Å². The number of benzene rings is 1. The van der Waals surface area contributed by atoms with E-state index in [9.17, 15) is 4.39 Å². The highest BCUT2D eigenvalue weighted by Gasteiger charge is 2.19. The van der Waals surface area contributed by atoms with Crippen molar-refractivity contribution in [2.75, 3.05) is 19.5 Å². The van der Waals surface area contributed by atoms with Gasteiger partial charge in [0.15, 0.2) is 5.82 Å². The quantitative estimate of drug-likeness (QED) is 0.805. The van der Waals surface area contributed by atoms with Crippen molar-refractivity contribution in [2.24, 2.45) is 0 Å². The van der Waals surface area contributed by atoms with E-state index in [2.05, 4.69) is 9.97 Å². The van der Waals surface area contributed by atoms with Crippen LogP contribution in [0.15, 0.2) is 17.0 Å². The second-order valence-electron chi connectivity index (χ2n) is 5.23. The molecule has 0 aliphatic carbocycles. The lowest BCUT2D eigenvalue weighted by molar-refractivity contribution is 0.0243. The molecule has 1 aromatic heterocycles. The summed E-state index contributed by atoms with van der Waals surface area (Å²) >= 11 is 1.49. The molecule has 4 nitrogen and oxygen atoms in total. The molecule has 0 N–H and O–H groups in total. The molecule has 0 atom stereocenters. The lowest BCUT2D eigenvalue weighted by Gasteiger charge is -2.23. The van der Waals surface area contributed by atoms with E-state index in [0.29, 0.717) is 42.2 Å². The summed E-state index contributed by atoms with van der Waals surface area (Å²) in [7, 11) is 0. The number of halogens is 1. The van der Waals surface area contributed by atoms with E-state index < -0.39 is 0 Å². The Morgan fingerprint density at radius 3 is 2.77 bits per heavy atom. The van der Waals surface area contributed by atoms with Gasteiger partial charge in [-0.05, 0) is 18.4 Å². The van der Waals surface area contributed by atoms with Crippen LogP contribution in [0.25, 0.3) is 10.9 Å². The van der Waals surface area contributed by atoms with Crippen LogP contribution in [0.5, 0.6) is 5.88 Å². The van der Waals surface area contributed by atoms with Crippen LogP contribution < -0.4 is 4.74 Å². The van der Waals surface area contributed by atoms with Gasteiger partial charge < -0.3 is 9.47 Å². The maximum absolute atomic E-state index is 14.3. The molecule has 1 aromatic carbocycles. The maximum Gasteiger partial charge on any atom is 0.225 e. The van der Waals surface area contributed by atoms with Gasteiger partial charge in [0.05, 0.1) is 18.6 Å². The minimum atomic E-state index is -0.323. The monoisotopic (exact) mass is 322 g/mol. The van der Waals surface area contributed by atoms with Crippen LogP contribution in [0.1, 0.15) is 25.6 Å². The molecule has 6 heteroatoms. The van der Waals surface area contributed by atoms with Crippen molar-refractivity contribution in [3.8, 4) is 5.88 Å². The van der Waals surface area contributed by atoms with Crippen molar-refractivity contribution >= 4 is 22.7 Å². The van der Waals surface area contributed by atoms with Gasteiger partial charge in [-0.25, -0.2) is 9.37 Å². The van der Waals surface area contributed by atoms with Crippen molar-refractivity contribution in [3.05, 3.63) is 23.8 Å². The third kappa shape index (κ3) is 3.17. The number of nitrogens with zero attached hydrogens (tertiary/aromatic N) is 2. The zero-order valence-electron chi connectivity index (χ0n) is 12.8. The lowest BCUT2D eigenvalue weighted by atomic mass is 10.1. The first-order valence-electron chi connectivity index (χ1n) is 7.49. The van der Waals surface area contributed by atoms with Crippen LogP contribution in [0, 0.1) is 5.82 Å². The summed E-state index contributed by atoms with van der Waals surface area (Å²) in [6, 6.07) is 3.41. The third-order valence-corrected chi connectivity index (χ3v) is 4.44. The minimum Gasteiger partial charge on any atom is -0.474 e. The first-order chi connectivity index (χ1) is 10.7. The number of aryl methyl sites for hydroxylation is 1. The van der Waals surface area contributed by atoms with E-state index in [1.165, 1.54) is 17.8 Å². The number of rotatable bonds is 4. The number of fused-ring (bicyclic) bond motifs is 1. The van der Waals surface area contributed by atoms with Gasteiger partial charge in [-0.1, -0.05) is 6.92 Å². The summed E-state index contributed by atoms with van der Waals surface area (Å²) in [5.74, 6) is 0.768. The van der Waals surface area contributed by atoms with Crippen molar-refractivity contribution in [1.82, 2.24) is 9.97 Å². The lowest BCUT2D eigenvalue weighted by Crippen LogP contribution is -2.26. The maximum atomic E-state index is 14.3. The molecule has 0 amide bonds. The fraction of sp³-hybridized carbons (Fsp3) is 0.500. The van der Waals surface area contributed by atoms with E-state index in [1.54, 1.807) is 0 Å². The predicted molar refractivity (Wildman–Crippen MR) is 85.1 cm³/mol. The molecule has 0 radical (unpaired) electrons. The highest BCUT2D eigenvalue weighted by molar-refractivity contribution is 7.98. The largest absolute Gasteiger partial charge is 0.474 e. The standard InChI is InChI=1S/C16H19FN2O2S/c1-3-14-18-15-12(8-11(22-2)9-13(15)17)16(19-14)21-10-4-6-20-7-5-10/h8-10H,3-7H2,1-2H3. The van der Waals surface area contributed by atoms with Crippen LogP contribution in [0.2, 0.25) is 0 Å². The Morgan fingerprint density at radius 1 is 1.32 bits per heavy atom. The Kier molecular flexibility index (Phi) is 4.78. The van der Waals surface area contributed by atoms with Crippen LogP contribution >= 0.6 is 11.8 Å². The molecule has 0 unspecified atom stereocenters. The topological polar surface area (TPSA) is 44.2 Å². The van der Waals surface area contributed by atoms with Gasteiger partial charge in [0, 0.05) is 24.2 Å². The first-order valence-corrected chi connectivity index (χ1v) is 8.72. The van der Waals surface area contributed by atoms with Crippen LogP contribution in [-0.4, -0.2) is 35.5 Å². The SMILES string of the molecule is CCc1nc(OC2CCOCC2)c2cc(SC)cc(F)c2n1. The van der Waals surface area contributed by atoms with Gasteiger partial charge in [-0.2, -0.15) is 4.98 Å². The van der Waals surface area contributed by atoms with Crippen LogP contribution in [0.3, 0.4) is 0 Å². The van der Waals surface area contributed by atoms with E-state index in [1.807, 2.05) is 19.2 Å². The van der Waals surface area contributed by atoms with Crippen molar-refractivity contribution < 1.29 is 13.9 Å². The molecule has 118 valence electrons. The summed E-state index contributed by atoms with van der Waals surface area (Å²) in [5.41, 5.74) is 0.340. The molecule has 2 aromatic rings. The van der Waals surface area contributed by atoms with Crippen LogP contribution in [0.4, 0.5) is 4.39 Å². The zero-order chi connectivity index (χ0) is 15.5. The van der Waals surface area contributed by atoms with Gasteiger partial charge in [0.1, 0.15) is 17.4 Å². The van der Waals surface area contributed by atoms with Gasteiger partial charge in [0.25, 0.3) is 0 Å². The average Bonchev–Trinajstić information content (AvgIpc) is 2.56. The van der Waals surface area contributed by atoms with Gasteiger partial charge in [0.2, 0.25) is 5.88 Å². The molecule has 1 saturated heterocycles. The Hall–Kier alpha value is -1.40. The molecule has 22 heavy (non-hydrogen) atoms. The predicted octanol–water partition coefficient (Wildman–Crippen LogP) is 3.61. The third-order valence-electron chi connectivity index (χ3n) is 3.74. The fourth-order valence-electron chi connectivity index (χ4n) is 2.50. The molecule has 2 heterocycles. The van der Waals surface area contributed by atoms with E-state index in [0.717, 1.165) is 17.7 Å². The highest BCUT2D eigenvalue weighted by atomic mass is 32.2. The zero-order valence-corrected chi connectivity index (χ0v) is 13.6. The molecule has 0 bridgehead atoms. The minimum absolute atomic E-state index is 0.0672. The molecular weight excluding hydrogens is 303 g/mol. The summed E-state index contributed by atoms with van der Waals surface area (Å²) < 4.78 is 25.7. The van der Waals surface area contributed by atoms with Crippen molar-refractivity contribution in [3.63, 3.8) is 0 Å². The summed E-state index contributed by atoms with van der Waals surface area (Å²) in [5, 5.41) is 0.646. The van der Waals surface area contributed by atoms with Gasteiger partial charge in [-0.3, -0.25) is 0 Å². The smallest absolute Gasteiger partial charge is 0.225 e. The Morgan fingerprint density at radius 2 is 2.09 bits per heavy atom. The fourth-order valence-corrected chi connectivity index (χ4v) is 2.96. The Bertz CT molecular complexity index is 675. The molecule has 0 spiro atoms. The molecule has 1 aliphatic heterocycles. The molecular formula is C16H19FN2O2S. The average molecular weight is 322 g/mol. The first kappa shape index (κ1) is 15.5. The van der Waals surface area contributed by atoms with E-state index in [-0.39, 0.29) is 11.9 Å². The molecule has 1 fully saturated rings. The summed E-state index contributed by atoms with van der Waals surface area (Å²) in [6.45, 7) is 3.34. The Labute approximate surface area is 133 Å². The molecule has 3 rings (SSSR count). The molecule has 0 saturated carbocycles. The summed E-state index contributed by atoms with van der Waals surface area (Å²) in [6.07, 6.45) is 4.29. The van der Waals surface area contributed by atoms with Crippen LogP contribution in [-0.2, 0) is 11.2 Å². The second kappa shape index (κ2) is 6.79. The number of thioether (sulfide) groups is 1. The van der Waals surface area contributed by atoms with Gasteiger partial charge in [-0.15, -0.1) is 11.8 Å². The summed E-state index contributed by atoms with van der Waals surface area (Å²) in [4.78, 5) is 9.64. The number of ether oxygens (including phenoxy) is 2. The van der Waals surface area contributed by atoms with E-state index in [4.69, 9.17) is 9.47 Å². The van der Waals surface area contributed by atoms with Crippen molar-refractivity contribution in [1.29, 1.82) is 0 Å². The normalized spacial score (nSPS) is 16.1. The molecule has 1 aliphatic rings.